The minimum atomic E-state index is -0.955. The molecule has 0 radical (unpaired) electrons. The van der Waals surface area contributed by atoms with Gasteiger partial charge < -0.3 is 4.57 Å². The number of nitrogens with zero attached hydrogens (tertiary/aromatic N) is 3. The highest BCUT2D eigenvalue weighted by Crippen LogP contribution is 2.35. The second kappa shape index (κ2) is 5.74. The number of rotatable bonds is 3. The van der Waals surface area contributed by atoms with Gasteiger partial charge in [-0.1, -0.05) is 12.1 Å². The normalized spacial score (nSPS) is 14.7. The van der Waals surface area contributed by atoms with E-state index in [9.17, 15) is 4.21 Å². The van der Waals surface area contributed by atoms with Crippen molar-refractivity contribution >= 4 is 10.8 Å². The second-order valence-electron chi connectivity index (χ2n) is 5.69. The van der Waals surface area contributed by atoms with E-state index in [0.29, 0.717) is 0 Å². The number of imidazole rings is 1. The van der Waals surface area contributed by atoms with Gasteiger partial charge in [-0.3, -0.25) is 9.19 Å². The molecule has 3 aromatic rings. The van der Waals surface area contributed by atoms with Gasteiger partial charge in [0.25, 0.3) is 0 Å². The van der Waals surface area contributed by atoms with Crippen molar-refractivity contribution in [2.24, 2.45) is 0 Å². The molecule has 4 nitrogen and oxygen atoms in total. The highest BCUT2D eigenvalue weighted by Gasteiger charge is 2.23. The zero-order chi connectivity index (χ0) is 15.8. The largest absolute Gasteiger partial charge is 0.327 e. The van der Waals surface area contributed by atoms with Crippen molar-refractivity contribution in [1.29, 1.82) is 0 Å². The summed E-state index contributed by atoms with van der Waals surface area (Å²) in [7, 11) is -0.955. The highest BCUT2D eigenvalue weighted by molar-refractivity contribution is 7.84. The number of fused-ring (bicyclic) bond motifs is 1. The standard InChI is InChI=1S/C18H17N3OS/c1-23(22)15-6-4-14(5-7-15)18-17(13-8-10-19-11-9-13)20-16-3-2-12-21(16)18/h4-11H,2-3,12H2,1H3/t23-/m0/s1. The molecule has 0 amide bonds. The summed E-state index contributed by atoms with van der Waals surface area (Å²) >= 11 is 0. The number of pyridine rings is 1. The van der Waals surface area contributed by atoms with E-state index in [1.165, 1.54) is 0 Å². The van der Waals surface area contributed by atoms with E-state index in [2.05, 4.69) is 9.55 Å². The van der Waals surface area contributed by atoms with E-state index in [1.807, 2.05) is 36.4 Å². The molecule has 116 valence electrons. The average Bonchev–Trinajstić information content (AvgIpc) is 3.16. The molecule has 0 N–H and O–H groups in total. The Hall–Kier alpha value is -2.27. The molecule has 1 aromatic carbocycles. The molecular weight excluding hydrogens is 306 g/mol. The molecule has 0 aliphatic carbocycles. The van der Waals surface area contributed by atoms with Crippen LogP contribution in [0.3, 0.4) is 0 Å². The van der Waals surface area contributed by atoms with Gasteiger partial charge in [-0.05, 0) is 30.7 Å². The van der Waals surface area contributed by atoms with Crippen molar-refractivity contribution in [2.75, 3.05) is 6.26 Å². The first-order chi connectivity index (χ1) is 11.2. The lowest BCUT2D eigenvalue weighted by Gasteiger charge is -2.09. The van der Waals surface area contributed by atoms with Crippen molar-refractivity contribution in [1.82, 2.24) is 14.5 Å². The molecule has 2 aromatic heterocycles. The fourth-order valence-electron chi connectivity index (χ4n) is 3.13. The monoisotopic (exact) mass is 323 g/mol. The molecule has 1 atom stereocenters. The maximum Gasteiger partial charge on any atom is 0.109 e. The van der Waals surface area contributed by atoms with Crippen molar-refractivity contribution in [3.05, 3.63) is 54.6 Å². The third-order valence-electron chi connectivity index (χ3n) is 4.24. The van der Waals surface area contributed by atoms with Crippen LogP contribution in [0.15, 0.2) is 53.7 Å². The molecule has 0 bridgehead atoms. The highest BCUT2D eigenvalue weighted by atomic mass is 32.2. The fraction of sp³-hybridized carbons (Fsp3) is 0.222. The molecule has 0 fully saturated rings. The van der Waals surface area contributed by atoms with Crippen LogP contribution in [0.2, 0.25) is 0 Å². The lowest BCUT2D eigenvalue weighted by atomic mass is 10.1. The Bertz CT molecular complexity index is 869. The second-order valence-corrected chi connectivity index (χ2v) is 7.07. The van der Waals surface area contributed by atoms with E-state index >= 15 is 0 Å². The third-order valence-corrected chi connectivity index (χ3v) is 5.18. The summed E-state index contributed by atoms with van der Waals surface area (Å²) in [6, 6.07) is 12.0. The van der Waals surface area contributed by atoms with Crippen LogP contribution in [0.4, 0.5) is 0 Å². The van der Waals surface area contributed by atoms with Gasteiger partial charge in [0, 0.05) is 58.4 Å². The topological polar surface area (TPSA) is 47.8 Å². The van der Waals surface area contributed by atoms with Gasteiger partial charge in [-0.2, -0.15) is 0 Å². The number of aromatic nitrogens is 3. The summed E-state index contributed by atoms with van der Waals surface area (Å²) in [6.07, 6.45) is 7.46. The fourth-order valence-corrected chi connectivity index (χ4v) is 3.65. The predicted molar refractivity (Wildman–Crippen MR) is 91.5 cm³/mol. The zero-order valence-corrected chi connectivity index (χ0v) is 13.7. The molecule has 0 spiro atoms. The average molecular weight is 323 g/mol. The summed E-state index contributed by atoms with van der Waals surface area (Å²) in [5.74, 6) is 1.15. The van der Waals surface area contributed by atoms with Crippen LogP contribution in [0, 0.1) is 0 Å². The molecule has 23 heavy (non-hydrogen) atoms. The molecular formula is C18H17N3OS. The first-order valence-electron chi connectivity index (χ1n) is 7.68. The summed E-state index contributed by atoms with van der Waals surface area (Å²) < 4.78 is 13.9. The summed E-state index contributed by atoms with van der Waals surface area (Å²) in [4.78, 5) is 9.82. The molecule has 0 unspecified atom stereocenters. The van der Waals surface area contributed by atoms with Crippen LogP contribution in [0.25, 0.3) is 22.5 Å². The first kappa shape index (κ1) is 14.3. The Labute approximate surface area is 137 Å². The van der Waals surface area contributed by atoms with Crippen molar-refractivity contribution in [3.8, 4) is 22.5 Å². The molecule has 0 saturated carbocycles. The quantitative estimate of drug-likeness (QED) is 0.743. The Kier molecular flexibility index (Phi) is 3.58. The van der Waals surface area contributed by atoms with Crippen LogP contribution in [-0.2, 0) is 23.8 Å². The summed E-state index contributed by atoms with van der Waals surface area (Å²) in [5.41, 5.74) is 4.36. The van der Waals surface area contributed by atoms with E-state index < -0.39 is 10.8 Å². The van der Waals surface area contributed by atoms with Crippen molar-refractivity contribution in [2.45, 2.75) is 24.3 Å². The Morgan fingerprint density at radius 2 is 1.78 bits per heavy atom. The van der Waals surface area contributed by atoms with Crippen LogP contribution in [-0.4, -0.2) is 25.0 Å². The van der Waals surface area contributed by atoms with Gasteiger partial charge >= 0.3 is 0 Å². The minimum Gasteiger partial charge on any atom is -0.327 e. The van der Waals surface area contributed by atoms with Crippen molar-refractivity contribution < 1.29 is 4.21 Å². The van der Waals surface area contributed by atoms with Gasteiger partial charge in [0.05, 0.1) is 11.4 Å². The van der Waals surface area contributed by atoms with E-state index in [-0.39, 0.29) is 0 Å². The maximum atomic E-state index is 11.6. The SMILES string of the molecule is C[S@](=O)c1ccc(-c2c(-c3ccncc3)nc3n2CCC3)cc1. The van der Waals surface area contributed by atoms with Crippen LogP contribution >= 0.6 is 0 Å². The molecule has 4 rings (SSSR count). The van der Waals surface area contributed by atoms with Crippen LogP contribution in [0.5, 0.6) is 0 Å². The number of benzene rings is 1. The number of hydrogen-bond donors (Lipinski definition) is 0. The molecule has 1 aliphatic heterocycles. The van der Waals surface area contributed by atoms with Gasteiger partial charge in [0.1, 0.15) is 5.82 Å². The molecule has 5 heteroatoms. The van der Waals surface area contributed by atoms with Crippen molar-refractivity contribution in [3.63, 3.8) is 0 Å². The third kappa shape index (κ3) is 2.51. The van der Waals surface area contributed by atoms with Gasteiger partial charge in [0.15, 0.2) is 0 Å². The van der Waals surface area contributed by atoms with Gasteiger partial charge in [0.2, 0.25) is 0 Å². The first-order valence-corrected chi connectivity index (χ1v) is 9.23. The van der Waals surface area contributed by atoms with Gasteiger partial charge in [-0.25, -0.2) is 4.98 Å². The van der Waals surface area contributed by atoms with E-state index in [1.54, 1.807) is 18.6 Å². The Morgan fingerprint density at radius 1 is 1.04 bits per heavy atom. The maximum absolute atomic E-state index is 11.6. The molecule has 3 heterocycles. The summed E-state index contributed by atoms with van der Waals surface area (Å²) in [6.45, 7) is 1.00. The predicted octanol–water partition coefficient (Wildman–Crippen LogP) is 3.30. The summed E-state index contributed by atoms with van der Waals surface area (Å²) in [5, 5.41) is 0. The lowest BCUT2D eigenvalue weighted by Crippen LogP contribution is -1.97. The van der Waals surface area contributed by atoms with E-state index in [0.717, 1.165) is 52.6 Å². The smallest absolute Gasteiger partial charge is 0.109 e. The minimum absolute atomic E-state index is 0.848. The van der Waals surface area contributed by atoms with Gasteiger partial charge in [-0.15, -0.1) is 0 Å². The van der Waals surface area contributed by atoms with E-state index in [4.69, 9.17) is 4.98 Å². The Morgan fingerprint density at radius 3 is 2.48 bits per heavy atom. The Balaban J connectivity index is 1.88. The lowest BCUT2D eigenvalue weighted by molar-refractivity contribution is 0.687. The number of hydrogen-bond acceptors (Lipinski definition) is 3. The van der Waals surface area contributed by atoms with Crippen LogP contribution < -0.4 is 0 Å². The molecule has 1 aliphatic rings. The zero-order valence-electron chi connectivity index (χ0n) is 12.9. The molecule has 0 saturated heterocycles. The van der Waals surface area contributed by atoms with Crippen LogP contribution in [0.1, 0.15) is 12.2 Å². The number of aryl methyl sites for hydroxylation is 1.